The van der Waals surface area contributed by atoms with Gasteiger partial charge in [0.1, 0.15) is 11.2 Å². The topological polar surface area (TPSA) is 84.5 Å². The van der Waals surface area contributed by atoms with E-state index in [0.29, 0.717) is 23.7 Å². The molecular formula is C25H22F5N5OS. The number of imidazole rings is 1. The van der Waals surface area contributed by atoms with Crippen molar-refractivity contribution in [2.45, 2.75) is 42.7 Å². The molecule has 4 aromatic rings. The molecule has 1 saturated carbocycles. The van der Waals surface area contributed by atoms with Gasteiger partial charge in [-0.3, -0.25) is 4.98 Å². The molecule has 1 atom stereocenters. The van der Waals surface area contributed by atoms with E-state index in [9.17, 15) is 26.2 Å². The molecule has 12 heteroatoms. The van der Waals surface area contributed by atoms with Crippen LogP contribution in [0.1, 0.15) is 36.8 Å². The van der Waals surface area contributed by atoms with E-state index < -0.39 is 27.4 Å². The number of rotatable bonds is 6. The number of aryl methyl sites for hydroxylation is 1. The van der Waals surface area contributed by atoms with Gasteiger partial charge >= 0.3 is 12.1 Å². The number of benzene rings is 1. The molecule has 3 heterocycles. The second kappa shape index (κ2) is 8.57. The number of aromatic nitrogens is 4. The number of nitrogens with zero attached hydrogens (tertiary/aromatic N) is 4. The molecule has 0 spiro atoms. The number of hydrogen-bond donors (Lipinski definition) is 1. The summed E-state index contributed by atoms with van der Waals surface area (Å²) in [7, 11) is -1.84. The molecule has 3 aromatic heterocycles. The van der Waals surface area contributed by atoms with Crippen LogP contribution in [0.25, 0.3) is 33.8 Å². The van der Waals surface area contributed by atoms with E-state index >= 15 is 0 Å². The summed E-state index contributed by atoms with van der Waals surface area (Å²) < 4.78 is 89.5. The van der Waals surface area contributed by atoms with E-state index in [1.54, 1.807) is 13.0 Å². The maximum atomic E-state index is 13.9. The van der Waals surface area contributed by atoms with Crippen LogP contribution in [0, 0.1) is 4.78 Å². The van der Waals surface area contributed by atoms with Crippen molar-refractivity contribution in [3.05, 3.63) is 59.9 Å². The van der Waals surface area contributed by atoms with E-state index in [1.807, 2.05) is 24.3 Å². The Labute approximate surface area is 209 Å². The van der Waals surface area contributed by atoms with Crippen LogP contribution in [0.5, 0.6) is 0 Å². The summed E-state index contributed by atoms with van der Waals surface area (Å²) in [6, 6.07) is 10.2. The summed E-state index contributed by atoms with van der Waals surface area (Å²) in [6.45, 7) is 1.60. The number of fused-ring (bicyclic) bond motifs is 1. The number of pyridine rings is 2. The lowest BCUT2D eigenvalue weighted by atomic mass is 10.0. The standard InChI is InChI=1S/C25H22F5N5OS/c1-3-37(31,36)20-10-17(16-8-6-15(7-9-16)14-4-5-14)12-32-21(20)23-34-19-11-18(13-33-22(19)35(23)2)24(26,27)25(28,29)30/h6-14,31H,3-5H2,1-2H3. The summed E-state index contributed by atoms with van der Waals surface area (Å²) in [5.74, 6) is -4.49. The minimum absolute atomic E-state index is 0.0180. The van der Waals surface area contributed by atoms with Crippen LogP contribution in [0.4, 0.5) is 22.0 Å². The van der Waals surface area contributed by atoms with E-state index in [4.69, 9.17) is 4.78 Å². The molecule has 1 aromatic carbocycles. The van der Waals surface area contributed by atoms with Crippen molar-refractivity contribution in [3.8, 4) is 22.6 Å². The lowest BCUT2D eigenvalue weighted by Crippen LogP contribution is -2.33. The smallest absolute Gasteiger partial charge is 0.310 e. The third-order valence-corrected chi connectivity index (χ3v) is 8.38. The van der Waals surface area contributed by atoms with Gasteiger partial charge in [-0.05, 0) is 42.0 Å². The molecule has 194 valence electrons. The zero-order valence-electron chi connectivity index (χ0n) is 19.8. The first-order valence-corrected chi connectivity index (χ1v) is 13.2. The van der Waals surface area contributed by atoms with Crippen LogP contribution in [0.2, 0.25) is 0 Å². The van der Waals surface area contributed by atoms with Gasteiger partial charge in [0.05, 0.1) is 20.2 Å². The first kappa shape index (κ1) is 25.2. The largest absolute Gasteiger partial charge is 0.458 e. The van der Waals surface area contributed by atoms with Gasteiger partial charge in [-0.1, -0.05) is 31.2 Å². The Balaban J connectivity index is 1.63. The number of halogens is 5. The quantitative estimate of drug-likeness (QED) is 0.280. The Morgan fingerprint density at radius 2 is 1.70 bits per heavy atom. The van der Waals surface area contributed by atoms with E-state index in [-0.39, 0.29) is 33.3 Å². The Bertz CT molecular complexity index is 1610. The van der Waals surface area contributed by atoms with Gasteiger partial charge in [-0.15, -0.1) is 0 Å². The number of hydrogen-bond acceptors (Lipinski definition) is 5. The van der Waals surface area contributed by atoms with Gasteiger partial charge in [0, 0.05) is 30.8 Å². The molecule has 1 aliphatic carbocycles. The van der Waals surface area contributed by atoms with Crippen LogP contribution in [0.3, 0.4) is 0 Å². The van der Waals surface area contributed by atoms with Crippen molar-refractivity contribution in [1.82, 2.24) is 19.5 Å². The zero-order chi connectivity index (χ0) is 26.8. The van der Waals surface area contributed by atoms with Crippen LogP contribution in [-0.2, 0) is 22.7 Å². The Kier molecular flexibility index (Phi) is 5.85. The maximum Gasteiger partial charge on any atom is 0.458 e. The summed E-state index contributed by atoms with van der Waals surface area (Å²) in [5.41, 5.74) is 1.27. The van der Waals surface area contributed by atoms with Crippen LogP contribution in [-0.4, -0.2) is 35.7 Å². The Morgan fingerprint density at radius 1 is 1.03 bits per heavy atom. The van der Waals surface area contributed by atoms with Crippen LogP contribution >= 0.6 is 0 Å². The number of alkyl halides is 5. The second-order valence-electron chi connectivity index (χ2n) is 9.06. The SMILES string of the molecule is CCS(=N)(=O)c1cc(-c2ccc(C3CC3)cc2)cnc1-c1nc2cc(C(F)(F)C(F)(F)F)cnc2n1C. The molecule has 1 fully saturated rings. The molecule has 37 heavy (non-hydrogen) atoms. The molecule has 0 amide bonds. The molecule has 1 unspecified atom stereocenters. The van der Waals surface area contributed by atoms with Gasteiger partial charge < -0.3 is 4.57 Å². The highest BCUT2D eigenvalue weighted by Gasteiger charge is 2.59. The minimum atomic E-state index is -5.79. The fraction of sp³-hybridized carbons (Fsp3) is 0.320. The van der Waals surface area contributed by atoms with Crippen molar-refractivity contribution in [2.24, 2.45) is 7.05 Å². The molecule has 0 radical (unpaired) electrons. The molecular weight excluding hydrogens is 513 g/mol. The molecule has 6 nitrogen and oxygen atoms in total. The lowest BCUT2D eigenvalue weighted by molar-refractivity contribution is -0.289. The van der Waals surface area contributed by atoms with Gasteiger partial charge in [-0.2, -0.15) is 22.0 Å². The van der Waals surface area contributed by atoms with Crippen molar-refractivity contribution in [3.63, 3.8) is 0 Å². The average molecular weight is 536 g/mol. The molecule has 0 aliphatic heterocycles. The Morgan fingerprint density at radius 3 is 2.30 bits per heavy atom. The van der Waals surface area contributed by atoms with Gasteiger partial charge in [0.2, 0.25) is 0 Å². The van der Waals surface area contributed by atoms with Gasteiger partial charge in [0.25, 0.3) is 0 Å². The van der Waals surface area contributed by atoms with E-state index in [0.717, 1.165) is 5.56 Å². The third kappa shape index (κ3) is 4.36. The fourth-order valence-electron chi connectivity index (χ4n) is 4.16. The zero-order valence-corrected chi connectivity index (χ0v) is 20.6. The van der Waals surface area contributed by atoms with Crippen molar-refractivity contribution >= 4 is 20.9 Å². The summed E-state index contributed by atoms with van der Waals surface area (Å²) in [6.07, 6.45) is -1.46. The summed E-state index contributed by atoms with van der Waals surface area (Å²) in [5, 5.41) is 0. The van der Waals surface area contributed by atoms with Gasteiger partial charge in [0.15, 0.2) is 11.5 Å². The molecule has 1 N–H and O–H groups in total. The van der Waals surface area contributed by atoms with Crippen LogP contribution < -0.4 is 0 Å². The minimum Gasteiger partial charge on any atom is -0.310 e. The maximum absolute atomic E-state index is 13.9. The lowest BCUT2D eigenvalue weighted by Gasteiger charge is -2.19. The first-order chi connectivity index (χ1) is 17.3. The van der Waals surface area contributed by atoms with Crippen molar-refractivity contribution in [2.75, 3.05) is 5.75 Å². The average Bonchev–Trinajstić information content (AvgIpc) is 3.66. The molecule has 5 rings (SSSR count). The van der Waals surface area contributed by atoms with E-state index in [2.05, 4.69) is 15.0 Å². The second-order valence-corrected chi connectivity index (χ2v) is 11.4. The molecule has 0 saturated heterocycles. The molecule has 0 bridgehead atoms. The summed E-state index contributed by atoms with van der Waals surface area (Å²) >= 11 is 0. The predicted octanol–water partition coefficient (Wildman–Crippen LogP) is 6.65. The highest BCUT2D eigenvalue weighted by atomic mass is 32.2. The fourth-order valence-corrected chi connectivity index (χ4v) is 5.25. The highest BCUT2D eigenvalue weighted by Crippen LogP contribution is 2.44. The van der Waals surface area contributed by atoms with E-state index in [1.165, 1.54) is 36.2 Å². The predicted molar refractivity (Wildman–Crippen MR) is 129 cm³/mol. The normalized spacial score (nSPS) is 16.2. The molecule has 1 aliphatic rings. The van der Waals surface area contributed by atoms with Crippen molar-refractivity contribution in [1.29, 1.82) is 4.78 Å². The van der Waals surface area contributed by atoms with Gasteiger partial charge in [-0.25, -0.2) is 19.0 Å². The number of nitrogens with one attached hydrogen (secondary N) is 1. The Hall–Kier alpha value is -3.41. The third-order valence-electron chi connectivity index (χ3n) is 6.55. The highest BCUT2D eigenvalue weighted by molar-refractivity contribution is 7.92. The summed E-state index contributed by atoms with van der Waals surface area (Å²) in [4.78, 5) is 12.5. The monoisotopic (exact) mass is 535 g/mol. The van der Waals surface area contributed by atoms with Crippen molar-refractivity contribution < 1.29 is 26.2 Å². The van der Waals surface area contributed by atoms with Crippen LogP contribution in [0.15, 0.2) is 53.7 Å². The first-order valence-electron chi connectivity index (χ1n) is 11.5.